The third-order valence-electron chi connectivity index (χ3n) is 3.24. The third kappa shape index (κ3) is 3.27. The van der Waals surface area contributed by atoms with Crippen LogP contribution in [0.15, 0.2) is 0 Å². The lowest BCUT2D eigenvalue weighted by Crippen LogP contribution is -2.26. The third-order valence-corrected chi connectivity index (χ3v) is 3.24. The zero-order chi connectivity index (χ0) is 10.5. The average molecular weight is 209 g/mol. The molecular weight excluding hydrogens is 190 g/mol. The van der Waals surface area contributed by atoms with E-state index in [1.54, 1.807) is 0 Å². The van der Waals surface area contributed by atoms with E-state index in [9.17, 15) is 0 Å². The summed E-state index contributed by atoms with van der Waals surface area (Å²) in [5, 5.41) is 17.2. The lowest BCUT2D eigenvalue weighted by Gasteiger charge is -2.26. The summed E-state index contributed by atoms with van der Waals surface area (Å²) < 4.78 is 0. The van der Waals surface area contributed by atoms with Crippen molar-refractivity contribution in [3.05, 3.63) is 5.82 Å². The molecule has 0 radical (unpaired) electrons. The Bertz CT molecular complexity index is 263. The van der Waals surface area contributed by atoms with E-state index in [4.69, 9.17) is 0 Å². The van der Waals surface area contributed by atoms with E-state index in [-0.39, 0.29) is 0 Å². The first-order valence-corrected chi connectivity index (χ1v) is 5.77. The number of rotatable bonds is 4. The van der Waals surface area contributed by atoms with Crippen molar-refractivity contribution in [2.75, 3.05) is 6.54 Å². The Hall–Kier alpha value is -0.970. The molecule has 84 valence electrons. The van der Waals surface area contributed by atoms with Crippen LogP contribution in [0.1, 0.15) is 38.4 Å². The molecule has 0 aliphatic heterocycles. The van der Waals surface area contributed by atoms with Crippen molar-refractivity contribution in [3.8, 4) is 0 Å². The van der Waals surface area contributed by atoms with Gasteiger partial charge >= 0.3 is 0 Å². The average Bonchev–Trinajstić information content (AvgIpc) is 2.74. The number of tetrazole rings is 1. The molecule has 1 aromatic rings. The van der Waals surface area contributed by atoms with Crippen LogP contribution in [0.3, 0.4) is 0 Å². The van der Waals surface area contributed by atoms with E-state index >= 15 is 0 Å². The first kappa shape index (κ1) is 10.5. The van der Waals surface area contributed by atoms with Crippen LogP contribution >= 0.6 is 0 Å². The van der Waals surface area contributed by atoms with Crippen LogP contribution in [0, 0.1) is 11.8 Å². The lowest BCUT2D eigenvalue weighted by molar-refractivity contribution is 0.281. The fourth-order valence-electron chi connectivity index (χ4n) is 2.18. The molecule has 0 spiro atoms. The molecule has 0 atom stereocenters. The van der Waals surface area contributed by atoms with Crippen LogP contribution in [-0.4, -0.2) is 27.2 Å². The van der Waals surface area contributed by atoms with Crippen LogP contribution in [0.2, 0.25) is 0 Å². The first-order valence-electron chi connectivity index (χ1n) is 5.77. The topological polar surface area (TPSA) is 66.5 Å². The molecule has 1 aliphatic carbocycles. The van der Waals surface area contributed by atoms with Crippen molar-refractivity contribution in [2.24, 2.45) is 11.8 Å². The molecule has 0 aromatic carbocycles. The summed E-state index contributed by atoms with van der Waals surface area (Å²) in [5.74, 6) is 2.52. The van der Waals surface area contributed by atoms with Crippen LogP contribution in [0.25, 0.3) is 0 Å². The monoisotopic (exact) mass is 209 g/mol. The van der Waals surface area contributed by atoms with E-state index in [2.05, 4.69) is 32.9 Å². The predicted molar refractivity (Wildman–Crippen MR) is 57.0 cm³/mol. The molecule has 0 amide bonds. The van der Waals surface area contributed by atoms with Gasteiger partial charge in [-0.15, -0.1) is 10.2 Å². The Morgan fingerprint density at radius 3 is 2.80 bits per heavy atom. The quantitative estimate of drug-likeness (QED) is 0.779. The predicted octanol–water partition coefficient (Wildman–Crippen LogP) is 1.12. The molecule has 2 rings (SSSR count). The smallest absolute Gasteiger partial charge is 0.188 e. The Balaban J connectivity index is 1.62. The Morgan fingerprint density at radius 2 is 2.13 bits per heavy atom. The summed E-state index contributed by atoms with van der Waals surface area (Å²) in [5.41, 5.74) is 0. The number of aromatic nitrogens is 4. The largest absolute Gasteiger partial charge is 0.309 e. The van der Waals surface area contributed by atoms with Gasteiger partial charge in [-0.1, -0.05) is 25.0 Å². The second-order valence-electron chi connectivity index (χ2n) is 4.58. The van der Waals surface area contributed by atoms with Crippen molar-refractivity contribution in [1.82, 2.24) is 25.9 Å². The van der Waals surface area contributed by atoms with Gasteiger partial charge in [0, 0.05) is 0 Å². The van der Waals surface area contributed by atoms with Crippen LogP contribution < -0.4 is 5.32 Å². The van der Waals surface area contributed by atoms with Gasteiger partial charge in [-0.25, -0.2) is 0 Å². The zero-order valence-electron chi connectivity index (χ0n) is 9.24. The number of H-pyrrole nitrogens is 1. The van der Waals surface area contributed by atoms with Gasteiger partial charge in [0.25, 0.3) is 0 Å². The fourth-order valence-corrected chi connectivity index (χ4v) is 2.18. The molecular formula is C10H19N5. The minimum atomic E-state index is 0.725. The highest BCUT2D eigenvalue weighted by Crippen LogP contribution is 2.27. The molecule has 1 saturated carbocycles. The SMILES string of the molecule is CC1CCC(CNCc2nn[nH]n2)CC1. The van der Waals surface area contributed by atoms with Crippen molar-refractivity contribution >= 4 is 0 Å². The van der Waals surface area contributed by atoms with Gasteiger partial charge in [0.1, 0.15) is 0 Å². The number of nitrogens with one attached hydrogen (secondary N) is 2. The van der Waals surface area contributed by atoms with E-state index in [0.29, 0.717) is 0 Å². The van der Waals surface area contributed by atoms with Crippen LogP contribution in [0.5, 0.6) is 0 Å². The summed E-state index contributed by atoms with van der Waals surface area (Å²) in [6, 6.07) is 0. The fraction of sp³-hybridized carbons (Fsp3) is 0.900. The highest BCUT2D eigenvalue weighted by atomic mass is 15.5. The number of aromatic amines is 1. The van der Waals surface area contributed by atoms with Crippen LogP contribution in [-0.2, 0) is 6.54 Å². The summed E-state index contributed by atoms with van der Waals surface area (Å²) in [6.45, 7) is 4.16. The van der Waals surface area contributed by atoms with Gasteiger partial charge in [-0.3, -0.25) is 0 Å². The molecule has 0 saturated heterocycles. The van der Waals surface area contributed by atoms with Crippen molar-refractivity contribution in [1.29, 1.82) is 0 Å². The minimum absolute atomic E-state index is 0.725. The molecule has 0 unspecified atom stereocenters. The van der Waals surface area contributed by atoms with Crippen LogP contribution in [0.4, 0.5) is 0 Å². The molecule has 1 fully saturated rings. The van der Waals surface area contributed by atoms with E-state index in [1.807, 2.05) is 0 Å². The highest BCUT2D eigenvalue weighted by Gasteiger charge is 2.17. The van der Waals surface area contributed by atoms with Gasteiger partial charge in [0.05, 0.1) is 6.54 Å². The minimum Gasteiger partial charge on any atom is -0.309 e. The second kappa shape index (κ2) is 5.21. The Morgan fingerprint density at radius 1 is 1.33 bits per heavy atom. The van der Waals surface area contributed by atoms with Crippen molar-refractivity contribution in [3.63, 3.8) is 0 Å². The maximum Gasteiger partial charge on any atom is 0.188 e. The molecule has 5 heteroatoms. The molecule has 0 bridgehead atoms. The number of hydrogen-bond acceptors (Lipinski definition) is 4. The summed E-state index contributed by atoms with van der Waals surface area (Å²) in [6.07, 6.45) is 5.49. The van der Waals surface area contributed by atoms with Gasteiger partial charge < -0.3 is 5.32 Å². The molecule has 15 heavy (non-hydrogen) atoms. The van der Waals surface area contributed by atoms with E-state index < -0.39 is 0 Å². The molecule has 1 heterocycles. The zero-order valence-corrected chi connectivity index (χ0v) is 9.24. The molecule has 2 N–H and O–H groups in total. The van der Waals surface area contributed by atoms with E-state index in [0.717, 1.165) is 30.7 Å². The number of nitrogens with zero attached hydrogens (tertiary/aromatic N) is 3. The van der Waals surface area contributed by atoms with Gasteiger partial charge in [0.2, 0.25) is 0 Å². The van der Waals surface area contributed by atoms with Gasteiger partial charge in [0.15, 0.2) is 5.82 Å². The maximum atomic E-state index is 3.90. The van der Waals surface area contributed by atoms with Crippen molar-refractivity contribution < 1.29 is 0 Å². The summed E-state index contributed by atoms with van der Waals surface area (Å²) in [4.78, 5) is 0. The van der Waals surface area contributed by atoms with Crippen molar-refractivity contribution in [2.45, 2.75) is 39.2 Å². The Kier molecular flexibility index (Phi) is 3.66. The summed E-state index contributed by atoms with van der Waals surface area (Å²) >= 11 is 0. The normalized spacial score (nSPS) is 26.7. The van der Waals surface area contributed by atoms with Gasteiger partial charge in [-0.05, 0) is 31.2 Å². The first-order chi connectivity index (χ1) is 7.34. The maximum absolute atomic E-state index is 3.90. The molecule has 1 aromatic heterocycles. The summed E-state index contributed by atoms with van der Waals surface area (Å²) in [7, 11) is 0. The highest BCUT2D eigenvalue weighted by molar-refractivity contribution is 4.76. The van der Waals surface area contributed by atoms with Gasteiger partial charge in [-0.2, -0.15) is 5.21 Å². The number of hydrogen-bond donors (Lipinski definition) is 2. The Labute approximate surface area is 90.0 Å². The molecule has 5 nitrogen and oxygen atoms in total. The van der Waals surface area contributed by atoms with E-state index in [1.165, 1.54) is 25.7 Å². The standard InChI is InChI=1S/C10H19N5/c1-8-2-4-9(5-3-8)6-11-7-10-12-14-15-13-10/h8-9,11H,2-7H2,1H3,(H,12,13,14,15). The molecule has 1 aliphatic rings. The second-order valence-corrected chi connectivity index (χ2v) is 4.58. The lowest BCUT2D eigenvalue weighted by atomic mass is 9.83.